The molecule has 2 rings (SSSR count). The molecule has 5 heteroatoms. The van der Waals surface area contributed by atoms with Gasteiger partial charge in [0.15, 0.2) is 12.5 Å². The molecule has 1 aromatic rings. The van der Waals surface area contributed by atoms with E-state index < -0.39 is 6.23 Å². The van der Waals surface area contributed by atoms with E-state index in [2.05, 4.69) is 0 Å². The van der Waals surface area contributed by atoms with Crippen LogP contribution in [-0.4, -0.2) is 48.5 Å². The number of rotatable bonds is 5. The van der Waals surface area contributed by atoms with Crippen molar-refractivity contribution in [1.29, 1.82) is 0 Å². The first kappa shape index (κ1) is 12.0. The molecule has 0 amide bonds. The molecule has 1 N–H and O–H groups in total. The topological polar surface area (TPSA) is 59.0 Å². The van der Waals surface area contributed by atoms with Crippen LogP contribution in [-0.2, 0) is 9.53 Å². The fourth-order valence-corrected chi connectivity index (χ4v) is 1.75. The molecule has 1 aliphatic heterocycles. The molecule has 1 aromatic carbocycles. The van der Waals surface area contributed by atoms with Gasteiger partial charge >= 0.3 is 0 Å². The van der Waals surface area contributed by atoms with Gasteiger partial charge in [0.25, 0.3) is 0 Å². The fraction of sp³-hybridized carbons (Fsp3) is 0.417. The third-order valence-electron chi connectivity index (χ3n) is 2.61. The van der Waals surface area contributed by atoms with Gasteiger partial charge in [-0.1, -0.05) is 18.2 Å². The number of aliphatic hydroxyl groups excluding tert-OH is 1. The first-order valence-electron chi connectivity index (χ1n) is 5.47. The lowest BCUT2D eigenvalue weighted by atomic mass is 10.3. The van der Waals surface area contributed by atoms with Crippen molar-refractivity contribution in [2.24, 2.45) is 0 Å². The first-order chi connectivity index (χ1) is 8.33. The quantitative estimate of drug-likeness (QED) is 0.743. The highest BCUT2D eigenvalue weighted by Crippen LogP contribution is 2.16. The number of carbonyl (C=O) groups excluding carboxylic acids is 1. The second kappa shape index (κ2) is 5.77. The van der Waals surface area contributed by atoms with Crippen LogP contribution in [0.3, 0.4) is 0 Å². The van der Waals surface area contributed by atoms with Crippen LogP contribution >= 0.6 is 0 Å². The van der Waals surface area contributed by atoms with E-state index in [0.717, 1.165) is 5.75 Å². The van der Waals surface area contributed by atoms with Crippen LogP contribution in [0.15, 0.2) is 30.3 Å². The smallest absolute Gasteiger partial charge is 0.169 e. The average molecular weight is 237 g/mol. The summed E-state index contributed by atoms with van der Waals surface area (Å²) in [4.78, 5) is 12.2. The SMILES string of the molecule is O=CC1OC(COc2ccccc2)CN1CO. The van der Waals surface area contributed by atoms with Gasteiger partial charge in [-0.15, -0.1) is 0 Å². The zero-order chi connectivity index (χ0) is 12.1. The Bertz CT molecular complexity index is 357. The van der Waals surface area contributed by atoms with E-state index in [1.165, 1.54) is 0 Å². The van der Waals surface area contributed by atoms with Gasteiger partial charge in [0.2, 0.25) is 0 Å². The van der Waals surface area contributed by atoms with Crippen LogP contribution in [0, 0.1) is 0 Å². The minimum Gasteiger partial charge on any atom is -0.491 e. The number of hydrogen-bond acceptors (Lipinski definition) is 5. The highest BCUT2D eigenvalue weighted by Gasteiger charge is 2.32. The van der Waals surface area contributed by atoms with Crippen LogP contribution < -0.4 is 4.74 Å². The Hall–Kier alpha value is -1.43. The predicted molar refractivity (Wildman–Crippen MR) is 60.5 cm³/mol. The number of nitrogens with zero attached hydrogens (tertiary/aromatic N) is 1. The van der Waals surface area contributed by atoms with Crippen molar-refractivity contribution in [3.8, 4) is 5.75 Å². The van der Waals surface area contributed by atoms with Crippen LogP contribution in [0.1, 0.15) is 0 Å². The van der Waals surface area contributed by atoms with Crippen molar-refractivity contribution in [3.63, 3.8) is 0 Å². The first-order valence-corrected chi connectivity index (χ1v) is 5.47. The fourth-order valence-electron chi connectivity index (χ4n) is 1.75. The molecule has 17 heavy (non-hydrogen) atoms. The largest absolute Gasteiger partial charge is 0.491 e. The molecule has 0 radical (unpaired) electrons. The Morgan fingerprint density at radius 3 is 2.82 bits per heavy atom. The molecule has 5 nitrogen and oxygen atoms in total. The third-order valence-corrected chi connectivity index (χ3v) is 2.61. The van der Waals surface area contributed by atoms with Gasteiger partial charge in [0.1, 0.15) is 18.5 Å². The lowest BCUT2D eigenvalue weighted by Crippen LogP contribution is -2.32. The van der Waals surface area contributed by atoms with Crippen LogP contribution in [0.5, 0.6) is 5.75 Å². The molecule has 1 aliphatic rings. The average Bonchev–Trinajstić information content (AvgIpc) is 2.80. The summed E-state index contributed by atoms with van der Waals surface area (Å²) < 4.78 is 10.9. The van der Waals surface area contributed by atoms with Crippen LogP contribution in [0.25, 0.3) is 0 Å². The number of carbonyl (C=O) groups is 1. The molecule has 1 fully saturated rings. The van der Waals surface area contributed by atoms with E-state index in [-0.39, 0.29) is 12.8 Å². The second-order valence-corrected chi connectivity index (χ2v) is 3.82. The number of benzene rings is 1. The van der Waals surface area contributed by atoms with Gasteiger partial charge in [0.05, 0.1) is 6.73 Å². The van der Waals surface area contributed by atoms with Gasteiger partial charge < -0.3 is 14.6 Å². The molecule has 1 saturated heterocycles. The number of ether oxygens (including phenoxy) is 2. The van der Waals surface area contributed by atoms with Crippen molar-refractivity contribution in [2.45, 2.75) is 12.3 Å². The Kier molecular flexibility index (Phi) is 4.08. The Labute approximate surface area is 99.6 Å². The van der Waals surface area contributed by atoms with Gasteiger partial charge in [-0.25, -0.2) is 4.90 Å². The maximum Gasteiger partial charge on any atom is 0.169 e. The summed E-state index contributed by atoms with van der Waals surface area (Å²) in [6, 6.07) is 9.40. The molecule has 2 unspecified atom stereocenters. The molecular weight excluding hydrogens is 222 g/mol. The molecule has 0 spiro atoms. The summed E-state index contributed by atoms with van der Waals surface area (Å²) in [5, 5.41) is 9.02. The summed E-state index contributed by atoms with van der Waals surface area (Å²) in [5.41, 5.74) is 0. The molecule has 0 bridgehead atoms. The van der Waals surface area contributed by atoms with E-state index in [4.69, 9.17) is 14.6 Å². The molecular formula is C12H15NO4. The minimum absolute atomic E-state index is 0.189. The van der Waals surface area contributed by atoms with E-state index in [0.29, 0.717) is 19.4 Å². The van der Waals surface area contributed by atoms with E-state index >= 15 is 0 Å². The van der Waals surface area contributed by atoms with Gasteiger partial charge in [0, 0.05) is 6.54 Å². The Morgan fingerprint density at radius 2 is 2.24 bits per heavy atom. The van der Waals surface area contributed by atoms with Gasteiger partial charge in [-0.05, 0) is 12.1 Å². The van der Waals surface area contributed by atoms with Crippen LogP contribution in [0.4, 0.5) is 0 Å². The highest BCUT2D eigenvalue weighted by atomic mass is 16.6. The monoisotopic (exact) mass is 237 g/mol. The van der Waals surface area contributed by atoms with Gasteiger partial charge in [-0.2, -0.15) is 0 Å². The van der Waals surface area contributed by atoms with Crippen molar-refractivity contribution in [3.05, 3.63) is 30.3 Å². The molecule has 0 saturated carbocycles. The molecule has 1 heterocycles. The standard InChI is InChI=1S/C12H15NO4/c14-7-12-13(9-15)6-11(17-12)8-16-10-4-2-1-3-5-10/h1-5,7,11-12,15H,6,8-9H2. The van der Waals surface area contributed by atoms with E-state index in [9.17, 15) is 4.79 Å². The predicted octanol–water partition coefficient (Wildman–Crippen LogP) is 0.241. The van der Waals surface area contributed by atoms with Crippen molar-refractivity contribution in [1.82, 2.24) is 4.90 Å². The van der Waals surface area contributed by atoms with Crippen molar-refractivity contribution < 1.29 is 19.4 Å². The minimum atomic E-state index is -0.663. The highest BCUT2D eigenvalue weighted by molar-refractivity contribution is 5.55. The van der Waals surface area contributed by atoms with Crippen molar-refractivity contribution in [2.75, 3.05) is 19.9 Å². The van der Waals surface area contributed by atoms with Crippen LogP contribution in [0.2, 0.25) is 0 Å². The van der Waals surface area contributed by atoms with E-state index in [1.54, 1.807) is 4.90 Å². The normalized spacial score (nSPS) is 24.8. The molecule has 0 aromatic heterocycles. The maximum absolute atomic E-state index is 10.7. The molecule has 0 aliphatic carbocycles. The summed E-state index contributed by atoms with van der Waals surface area (Å²) in [7, 11) is 0. The summed E-state index contributed by atoms with van der Waals surface area (Å²) in [6.07, 6.45) is -0.180. The maximum atomic E-state index is 10.7. The number of aldehydes is 1. The number of para-hydroxylation sites is 1. The third kappa shape index (κ3) is 3.03. The lowest BCUT2D eigenvalue weighted by molar-refractivity contribution is -0.126. The molecule has 2 atom stereocenters. The Balaban J connectivity index is 1.83. The number of hydrogen-bond donors (Lipinski definition) is 1. The zero-order valence-corrected chi connectivity index (χ0v) is 9.36. The van der Waals surface area contributed by atoms with Gasteiger partial charge in [-0.3, -0.25) is 4.79 Å². The molecule has 92 valence electrons. The summed E-state index contributed by atoms with van der Waals surface area (Å²) in [6.45, 7) is 0.669. The number of aliphatic hydroxyl groups is 1. The lowest BCUT2D eigenvalue weighted by Gasteiger charge is -2.12. The zero-order valence-electron chi connectivity index (χ0n) is 9.36. The van der Waals surface area contributed by atoms with Crippen molar-refractivity contribution >= 4 is 6.29 Å². The van der Waals surface area contributed by atoms with E-state index in [1.807, 2.05) is 30.3 Å². The Morgan fingerprint density at radius 1 is 1.47 bits per heavy atom. The summed E-state index contributed by atoms with van der Waals surface area (Å²) >= 11 is 0. The second-order valence-electron chi connectivity index (χ2n) is 3.82. The summed E-state index contributed by atoms with van der Waals surface area (Å²) in [5.74, 6) is 0.765.